The highest BCUT2D eigenvalue weighted by atomic mass is 32.3. The van der Waals surface area contributed by atoms with Crippen LogP contribution in [0.4, 0.5) is 5.69 Å². The molecule has 1 aliphatic carbocycles. The van der Waals surface area contributed by atoms with Gasteiger partial charge >= 0.3 is 0 Å². The van der Waals surface area contributed by atoms with Gasteiger partial charge < -0.3 is 21.5 Å². The molecule has 1 aromatic carbocycles. The number of aliphatic hydroxyl groups is 1. The number of rotatable bonds is 7. The van der Waals surface area contributed by atoms with Gasteiger partial charge in [-0.15, -0.1) is 10.2 Å². The molecule has 2 aliphatic heterocycles. The number of piperidine rings is 1. The van der Waals surface area contributed by atoms with Crippen LogP contribution in [-0.4, -0.2) is 77.2 Å². The zero-order chi connectivity index (χ0) is 22.0. The van der Waals surface area contributed by atoms with E-state index >= 15 is 0 Å². The summed E-state index contributed by atoms with van der Waals surface area (Å²) in [4.78, 5) is 1.88. The Balaban J connectivity index is 1.62. The third kappa shape index (κ3) is 3.23. The van der Waals surface area contributed by atoms with E-state index in [1.54, 1.807) is 6.07 Å². The summed E-state index contributed by atoms with van der Waals surface area (Å²) in [5.41, 5.74) is 12.0. The fourth-order valence-electron chi connectivity index (χ4n) is 4.58. The van der Waals surface area contributed by atoms with Gasteiger partial charge in [0.15, 0.2) is 9.92 Å². The summed E-state index contributed by atoms with van der Waals surface area (Å²) < 4.78 is 45.7. The van der Waals surface area contributed by atoms with Crippen LogP contribution in [0.2, 0.25) is 0 Å². The number of nitrogens with one attached hydrogen (secondary N) is 2. The number of nitrogens with zero attached hydrogens (tertiary/aromatic N) is 5. The monoisotopic (exact) mass is 469 g/mol. The van der Waals surface area contributed by atoms with Crippen molar-refractivity contribution >= 4 is 25.6 Å². The van der Waals surface area contributed by atoms with Gasteiger partial charge in [0.2, 0.25) is 5.82 Å². The Morgan fingerprint density at radius 2 is 2.00 bits per heavy atom. The lowest BCUT2D eigenvalue weighted by Crippen LogP contribution is -2.35. The number of hydrogen-bond acceptors (Lipinski definition) is 10. The molecule has 168 valence electrons. The number of fused-ring (bicyclic) bond motifs is 2. The molecule has 5 rings (SSSR count). The summed E-state index contributed by atoms with van der Waals surface area (Å²) in [6.45, 7) is 1.87. The smallest absolute Gasteiger partial charge is 0.293 e. The number of H-pyrrole nitrogens is 1. The number of sulfonamides is 1. The van der Waals surface area contributed by atoms with Crippen molar-refractivity contribution in [1.82, 2.24) is 25.3 Å². The van der Waals surface area contributed by atoms with Gasteiger partial charge in [-0.25, -0.2) is 8.93 Å². The maximum Gasteiger partial charge on any atom is 0.293 e. The van der Waals surface area contributed by atoms with E-state index in [4.69, 9.17) is 11.5 Å². The highest BCUT2D eigenvalue weighted by Crippen LogP contribution is 2.53. The quantitative estimate of drug-likeness (QED) is 0.297. The van der Waals surface area contributed by atoms with Crippen molar-refractivity contribution in [1.29, 1.82) is 0 Å². The van der Waals surface area contributed by atoms with Gasteiger partial charge in [-0.05, 0) is 41.6 Å². The number of anilines is 1. The van der Waals surface area contributed by atoms with Gasteiger partial charge in [0.05, 0.1) is 16.6 Å². The molecule has 15 heteroatoms. The van der Waals surface area contributed by atoms with Crippen molar-refractivity contribution < 1.29 is 17.7 Å². The first-order chi connectivity index (χ1) is 14.8. The summed E-state index contributed by atoms with van der Waals surface area (Å²) in [6, 6.07) is 3.21. The average Bonchev–Trinajstić information content (AvgIpc) is 3.16. The van der Waals surface area contributed by atoms with Crippen LogP contribution in [0.3, 0.4) is 0 Å². The molecule has 31 heavy (non-hydrogen) atoms. The lowest BCUT2D eigenvalue weighted by molar-refractivity contribution is 0.187. The first kappa shape index (κ1) is 20.7. The second-order valence-electron chi connectivity index (χ2n) is 7.97. The van der Waals surface area contributed by atoms with Gasteiger partial charge in [0.25, 0.3) is 10.0 Å². The van der Waals surface area contributed by atoms with Crippen molar-refractivity contribution in [2.24, 2.45) is 33.0 Å². The molecule has 3 heterocycles. The van der Waals surface area contributed by atoms with Gasteiger partial charge in [-0.1, -0.05) is 3.77 Å². The predicted octanol–water partition coefficient (Wildman–Crippen LogP) is -2.14. The van der Waals surface area contributed by atoms with Crippen molar-refractivity contribution in [2.75, 3.05) is 37.6 Å². The first-order valence-electron chi connectivity index (χ1n) is 9.81. The number of nitrogens with two attached hydrogens (primary N) is 2. The maximum absolute atomic E-state index is 13.4. The van der Waals surface area contributed by atoms with Gasteiger partial charge in [0, 0.05) is 31.9 Å². The highest BCUT2D eigenvalue weighted by Gasteiger charge is 2.55. The van der Waals surface area contributed by atoms with Crippen LogP contribution >= 0.6 is 0 Å². The molecule has 0 amide bonds. The van der Waals surface area contributed by atoms with E-state index < -0.39 is 26.0 Å². The van der Waals surface area contributed by atoms with Crippen LogP contribution in [-0.2, 0) is 19.9 Å². The van der Waals surface area contributed by atoms with Crippen molar-refractivity contribution in [3.63, 3.8) is 0 Å². The normalized spacial score (nSPS) is 31.2. The third-order valence-corrected chi connectivity index (χ3v) is 10.4. The number of benzene rings is 1. The topological polar surface area (TPSA) is 206 Å². The molecule has 5 atom stereocenters. The maximum atomic E-state index is 13.4. The van der Waals surface area contributed by atoms with E-state index in [0.717, 1.165) is 13.1 Å². The molecule has 0 spiro atoms. The second-order valence-corrected chi connectivity index (χ2v) is 11.7. The molecule has 0 bridgehead atoms. The Kier molecular flexibility index (Phi) is 4.80. The standard InChI is InChI=1S/C16H23N9O4S2/c17-3-8(26)5-19-30(27)13-2-1-12(25-6-10-9(4-18)11(10)7-25)14(16-20-22-23-21-16)15(13)31(28,29)24-30/h1-2,8-11,26H,3-7,17-18H2,(H,19,24,27)(H,20,21,22,23)/t8-,9?,10-,11+,30?/m1/s1. The number of aromatic amines is 1. The van der Waals surface area contributed by atoms with E-state index in [1.165, 1.54) is 6.07 Å². The van der Waals surface area contributed by atoms with E-state index in [0.29, 0.717) is 30.0 Å². The predicted molar refractivity (Wildman–Crippen MR) is 110 cm³/mol. The lowest BCUT2D eigenvalue weighted by atomic mass is 10.1. The second kappa shape index (κ2) is 7.18. The molecule has 7 N–H and O–H groups in total. The Morgan fingerprint density at radius 1 is 1.26 bits per heavy atom. The van der Waals surface area contributed by atoms with Crippen LogP contribution in [0.25, 0.3) is 11.4 Å². The van der Waals surface area contributed by atoms with Gasteiger partial charge in [0.1, 0.15) is 4.90 Å². The van der Waals surface area contributed by atoms with Crippen molar-refractivity contribution in [2.45, 2.75) is 15.9 Å². The minimum atomic E-state index is -4.29. The van der Waals surface area contributed by atoms with E-state index in [-0.39, 0.29) is 34.3 Å². The molecule has 2 fully saturated rings. The van der Waals surface area contributed by atoms with Crippen LogP contribution < -0.4 is 21.1 Å². The molecule has 1 aromatic heterocycles. The third-order valence-electron chi connectivity index (χ3n) is 6.20. The summed E-state index contributed by atoms with van der Waals surface area (Å²) in [6.07, 6.45) is -0.997. The minimum absolute atomic E-state index is 0.00413. The molecule has 2 aromatic rings. The average molecular weight is 470 g/mol. The molecule has 1 saturated carbocycles. The van der Waals surface area contributed by atoms with Crippen LogP contribution in [0.1, 0.15) is 0 Å². The molecule has 13 nitrogen and oxygen atoms in total. The highest BCUT2D eigenvalue weighted by molar-refractivity contribution is 8.05. The zero-order valence-corrected chi connectivity index (χ0v) is 18.0. The largest absolute Gasteiger partial charge is 0.390 e. The zero-order valence-electron chi connectivity index (χ0n) is 16.4. The lowest BCUT2D eigenvalue weighted by Gasteiger charge is -2.25. The van der Waals surface area contributed by atoms with Gasteiger partial charge in [-0.2, -0.15) is 13.6 Å². The fourth-order valence-corrected chi connectivity index (χ4v) is 9.13. The molecular weight excluding hydrogens is 446 g/mol. The first-order valence-corrected chi connectivity index (χ1v) is 12.8. The SMILES string of the molecule is NCC1[C@H]2CN(c3ccc4c(c3-c3nn[nH]n3)S(=O)(=O)N=S4(=O)NC[C@H](O)CN)C[C@@H]12. The summed E-state index contributed by atoms with van der Waals surface area (Å²) in [7, 11) is -7.83. The van der Waals surface area contributed by atoms with E-state index in [1.807, 2.05) is 0 Å². The van der Waals surface area contributed by atoms with Gasteiger partial charge in [-0.3, -0.25) is 0 Å². The molecule has 3 aliphatic rings. The number of aromatic nitrogens is 4. The van der Waals surface area contributed by atoms with E-state index in [9.17, 15) is 17.7 Å². The van der Waals surface area contributed by atoms with Crippen LogP contribution in [0.5, 0.6) is 0 Å². The molecule has 2 unspecified atom stereocenters. The van der Waals surface area contributed by atoms with Crippen LogP contribution in [0, 0.1) is 17.8 Å². The summed E-state index contributed by atoms with van der Waals surface area (Å²) >= 11 is 0. The number of hydrogen-bond donors (Lipinski definition) is 5. The van der Waals surface area contributed by atoms with Crippen LogP contribution in [0.15, 0.2) is 25.7 Å². The Hall–Kier alpha value is -2.17. The Bertz CT molecular complexity index is 1230. The summed E-state index contributed by atoms with van der Waals surface area (Å²) in [5, 5.41) is 23.6. The van der Waals surface area contributed by atoms with Crippen molar-refractivity contribution in [3.05, 3.63) is 12.1 Å². The fraction of sp³-hybridized carbons (Fsp3) is 0.562. The van der Waals surface area contributed by atoms with Crippen molar-refractivity contribution in [3.8, 4) is 11.4 Å². The van der Waals surface area contributed by atoms with E-state index in [2.05, 4.69) is 34.0 Å². The molecular formula is C16H23N9O4S2. The molecule has 1 saturated heterocycles. The molecule has 0 radical (unpaired) electrons. The minimum Gasteiger partial charge on any atom is -0.390 e. The summed E-state index contributed by atoms with van der Waals surface area (Å²) in [5.74, 6) is 1.52. The Morgan fingerprint density at radius 3 is 2.61 bits per heavy atom. The Labute approximate surface area is 178 Å². The number of aliphatic hydroxyl groups excluding tert-OH is 1. The number of tetrazole rings is 1.